The van der Waals surface area contributed by atoms with Crippen molar-refractivity contribution in [2.75, 3.05) is 6.61 Å². The van der Waals surface area contributed by atoms with Gasteiger partial charge in [-0.3, -0.25) is 0 Å². The van der Waals surface area contributed by atoms with Gasteiger partial charge in [-0.15, -0.1) is 0 Å². The van der Waals surface area contributed by atoms with Crippen molar-refractivity contribution < 1.29 is 4.74 Å². The lowest BCUT2D eigenvalue weighted by Crippen LogP contribution is -2.14. The Hall–Kier alpha value is -0.300. The molecule has 90 valence electrons. The van der Waals surface area contributed by atoms with Gasteiger partial charge < -0.3 is 4.74 Å². The Morgan fingerprint density at radius 3 is 2.47 bits per heavy atom. The third-order valence-electron chi connectivity index (χ3n) is 2.85. The average molecular weight is 212 g/mol. The zero-order valence-electron chi connectivity index (χ0n) is 11.0. The van der Waals surface area contributed by atoms with Crippen molar-refractivity contribution in [3.8, 4) is 0 Å². The first-order valence-corrected chi connectivity index (χ1v) is 6.48. The summed E-state index contributed by atoms with van der Waals surface area (Å²) in [5.74, 6) is 0.754. The van der Waals surface area contributed by atoms with E-state index in [2.05, 4.69) is 32.9 Å². The Kier molecular flexibility index (Phi) is 10.0. The van der Waals surface area contributed by atoms with Gasteiger partial charge in [0, 0.05) is 0 Å². The molecule has 0 aromatic rings. The van der Waals surface area contributed by atoms with Crippen molar-refractivity contribution >= 4 is 0 Å². The van der Waals surface area contributed by atoms with E-state index in [-0.39, 0.29) is 6.10 Å². The number of allylic oxidation sites excluding steroid dienone is 1. The van der Waals surface area contributed by atoms with Crippen molar-refractivity contribution in [3.63, 3.8) is 0 Å². The van der Waals surface area contributed by atoms with Crippen molar-refractivity contribution in [1.29, 1.82) is 0 Å². The molecule has 0 aliphatic heterocycles. The van der Waals surface area contributed by atoms with Crippen molar-refractivity contribution in [3.05, 3.63) is 12.2 Å². The molecule has 0 radical (unpaired) electrons. The molecular weight excluding hydrogens is 184 g/mol. The lowest BCUT2D eigenvalue weighted by molar-refractivity contribution is 0.0628. The molecule has 2 unspecified atom stereocenters. The molecule has 0 spiro atoms. The molecule has 0 heterocycles. The molecule has 0 amide bonds. The highest BCUT2D eigenvalue weighted by Crippen LogP contribution is 2.14. The van der Waals surface area contributed by atoms with Gasteiger partial charge in [-0.25, -0.2) is 0 Å². The second-order valence-electron chi connectivity index (χ2n) is 4.33. The molecule has 0 rings (SSSR count). The zero-order chi connectivity index (χ0) is 11.5. The molecule has 0 aliphatic rings. The topological polar surface area (TPSA) is 9.23 Å². The SMILES string of the molecule is C/C=C/C(C)OCC(CC)CCCCC. The third kappa shape index (κ3) is 8.68. The van der Waals surface area contributed by atoms with Crippen LogP contribution in [0.15, 0.2) is 12.2 Å². The maximum atomic E-state index is 5.78. The fourth-order valence-electron chi connectivity index (χ4n) is 1.70. The first kappa shape index (κ1) is 14.7. The van der Waals surface area contributed by atoms with Crippen LogP contribution in [-0.2, 0) is 4.74 Å². The molecule has 0 aromatic carbocycles. The lowest BCUT2D eigenvalue weighted by Gasteiger charge is -2.17. The molecule has 0 fully saturated rings. The first-order valence-electron chi connectivity index (χ1n) is 6.48. The molecule has 0 aliphatic carbocycles. The van der Waals surface area contributed by atoms with Crippen LogP contribution in [0.25, 0.3) is 0 Å². The number of hydrogen-bond acceptors (Lipinski definition) is 1. The second-order valence-corrected chi connectivity index (χ2v) is 4.33. The van der Waals surface area contributed by atoms with E-state index >= 15 is 0 Å². The van der Waals surface area contributed by atoms with Gasteiger partial charge >= 0.3 is 0 Å². The van der Waals surface area contributed by atoms with Crippen LogP contribution >= 0.6 is 0 Å². The Morgan fingerprint density at radius 1 is 1.20 bits per heavy atom. The minimum absolute atomic E-state index is 0.273. The summed E-state index contributed by atoms with van der Waals surface area (Å²) in [4.78, 5) is 0. The van der Waals surface area contributed by atoms with Crippen LogP contribution in [0.3, 0.4) is 0 Å². The van der Waals surface area contributed by atoms with Crippen molar-refractivity contribution in [1.82, 2.24) is 0 Å². The maximum absolute atomic E-state index is 5.78. The van der Waals surface area contributed by atoms with Crippen LogP contribution in [0.1, 0.15) is 59.8 Å². The van der Waals surface area contributed by atoms with Gasteiger partial charge in [-0.2, -0.15) is 0 Å². The van der Waals surface area contributed by atoms with Gasteiger partial charge in [-0.1, -0.05) is 51.7 Å². The van der Waals surface area contributed by atoms with Crippen LogP contribution in [0, 0.1) is 5.92 Å². The van der Waals surface area contributed by atoms with Crippen LogP contribution in [0.2, 0.25) is 0 Å². The van der Waals surface area contributed by atoms with Gasteiger partial charge in [-0.05, 0) is 26.2 Å². The first-order chi connectivity index (χ1) is 7.24. The molecule has 1 nitrogen and oxygen atoms in total. The summed E-state index contributed by atoms with van der Waals surface area (Å²) in [5.41, 5.74) is 0. The highest BCUT2D eigenvalue weighted by atomic mass is 16.5. The summed E-state index contributed by atoms with van der Waals surface area (Å²) < 4.78 is 5.78. The predicted molar refractivity (Wildman–Crippen MR) is 68.2 cm³/mol. The lowest BCUT2D eigenvalue weighted by atomic mass is 9.99. The van der Waals surface area contributed by atoms with Gasteiger partial charge in [0.05, 0.1) is 12.7 Å². The van der Waals surface area contributed by atoms with E-state index in [1.807, 2.05) is 6.92 Å². The van der Waals surface area contributed by atoms with E-state index in [0.717, 1.165) is 12.5 Å². The van der Waals surface area contributed by atoms with Gasteiger partial charge in [0.15, 0.2) is 0 Å². The van der Waals surface area contributed by atoms with Crippen molar-refractivity contribution in [2.24, 2.45) is 5.92 Å². The van der Waals surface area contributed by atoms with E-state index in [1.165, 1.54) is 32.1 Å². The van der Waals surface area contributed by atoms with Crippen LogP contribution in [0.4, 0.5) is 0 Å². The largest absolute Gasteiger partial charge is 0.374 e. The minimum Gasteiger partial charge on any atom is -0.374 e. The summed E-state index contributed by atoms with van der Waals surface area (Å²) in [6.07, 6.45) is 11.0. The second kappa shape index (κ2) is 10.2. The molecule has 0 N–H and O–H groups in total. The summed E-state index contributed by atoms with van der Waals surface area (Å²) in [7, 11) is 0. The van der Waals surface area contributed by atoms with Crippen LogP contribution < -0.4 is 0 Å². The quantitative estimate of drug-likeness (QED) is 0.402. The molecule has 0 saturated heterocycles. The summed E-state index contributed by atoms with van der Waals surface area (Å²) in [6.45, 7) is 9.59. The van der Waals surface area contributed by atoms with E-state index in [0.29, 0.717) is 0 Å². The molecule has 15 heavy (non-hydrogen) atoms. The fraction of sp³-hybridized carbons (Fsp3) is 0.857. The number of unbranched alkanes of at least 4 members (excludes halogenated alkanes) is 2. The van der Waals surface area contributed by atoms with Gasteiger partial charge in [0.1, 0.15) is 0 Å². The smallest absolute Gasteiger partial charge is 0.0727 e. The minimum atomic E-state index is 0.273. The average Bonchev–Trinajstić information content (AvgIpc) is 2.23. The van der Waals surface area contributed by atoms with Crippen molar-refractivity contribution in [2.45, 2.75) is 65.9 Å². The highest BCUT2D eigenvalue weighted by molar-refractivity contribution is 4.83. The molecule has 2 atom stereocenters. The maximum Gasteiger partial charge on any atom is 0.0727 e. The van der Waals surface area contributed by atoms with Gasteiger partial charge in [0.2, 0.25) is 0 Å². The number of rotatable bonds is 9. The van der Waals surface area contributed by atoms with Crippen LogP contribution in [-0.4, -0.2) is 12.7 Å². The van der Waals surface area contributed by atoms with E-state index in [4.69, 9.17) is 4.74 Å². The monoisotopic (exact) mass is 212 g/mol. The summed E-state index contributed by atoms with van der Waals surface area (Å²) >= 11 is 0. The molecule has 0 bridgehead atoms. The van der Waals surface area contributed by atoms with E-state index < -0.39 is 0 Å². The van der Waals surface area contributed by atoms with Gasteiger partial charge in [0.25, 0.3) is 0 Å². The van der Waals surface area contributed by atoms with E-state index in [1.54, 1.807) is 0 Å². The Balaban J connectivity index is 3.60. The fourth-order valence-corrected chi connectivity index (χ4v) is 1.70. The standard InChI is InChI=1S/C14H28O/c1-5-8-9-11-14(7-3)12-15-13(4)10-6-2/h6,10,13-14H,5,7-9,11-12H2,1-4H3/b10-6+. The molecule has 0 aromatic heterocycles. The molecule has 1 heteroatoms. The number of hydrogen-bond donors (Lipinski definition) is 0. The Labute approximate surface area is 95.9 Å². The highest BCUT2D eigenvalue weighted by Gasteiger charge is 2.07. The Morgan fingerprint density at radius 2 is 1.93 bits per heavy atom. The molecular formula is C14H28O. The predicted octanol–water partition coefficient (Wildman–Crippen LogP) is 4.57. The van der Waals surface area contributed by atoms with E-state index in [9.17, 15) is 0 Å². The Bertz CT molecular complexity index is 151. The zero-order valence-corrected chi connectivity index (χ0v) is 11.0. The number of ether oxygens (including phenoxy) is 1. The summed E-state index contributed by atoms with van der Waals surface area (Å²) in [5, 5.41) is 0. The summed E-state index contributed by atoms with van der Waals surface area (Å²) in [6, 6.07) is 0. The third-order valence-corrected chi connectivity index (χ3v) is 2.85. The van der Waals surface area contributed by atoms with Crippen LogP contribution in [0.5, 0.6) is 0 Å². The normalized spacial score (nSPS) is 15.7. The molecule has 0 saturated carbocycles.